The fourth-order valence-corrected chi connectivity index (χ4v) is 2.75. The Morgan fingerprint density at radius 2 is 2.10 bits per heavy atom. The second-order valence-corrected chi connectivity index (χ2v) is 5.42. The second-order valence-electron chi connectivity index (χ2n) is 5.42. The third-order valence-electron chi connectivity index (χ3n) is 3.84. The highest BCUT2D eigenvalue weighted by molar-refractivity contribution is 6.06. The minimum Gasteiger partial charge on any atom is -0.306 e. The number of rotatable bonds is 2. The highest BCUT2D eigenvalue weighted by atomic mass is 16.2. The van der Waals surface area contributed by atoms with Gasteiger partial charge in [0.2, 0.25) is 0 Å². The van der Waals surface area contributed by atoms with Gasteiger partial charge in [-0.2, -0.15) is 0 Å². The number of anilines is 1. The Hall–Kier alpha value is -2.23. The molecule has 1 aromatic carbocycles. The Kier molecular flexibility index (Phi) is 3.22. The molecular weight excluding hydrogens is 250 g/mol. The van der Waals surface area contributed by atoms with Crippen LogP contribution in [0.1, 0.15) is 35.8 Å². The van der Waals surface area contributed by atoms with Gasteiger partial charge in [0.15, 0.2) is 0 Å². The standard InChI is InChI=1S/C16H17N3O/c1-11(2)13-10-19(15-6-4-3-5-12(13)15)16(20)14-9-17-7-8-18-14/h3-9,11,13H,10H2,1-2H3. The van der Waals surface area contributed by atoms with E-state index in [4.69, 9.17) is 0 Å². The minimum absolute atomic E-state index is 0.0753. The molecule has 0 saturated heterocycles. The lowest BCUT2D eigenvalue weighted by atomic mass is 9.90. The number of benzene rings is 1. The lowest BCUT2D eigenvalue weighted by molar-refractivity contribution is 0.0982. The molecule has 2 heterocycles. The molecule has 1 amide bonds. The Labute approximate surface area is 118 Å². The molecule has 4 heteroatoms. The van der Waals surface area contributed by atoms with Crippen LogP contribution in [0.4, 0.5) is 5.69 Å². The maximum absolute atomic E-state index is 12.6. The van der Waals surface area contributed by atoms with E-state index in [1.54, 1.807) is 12.4 Å². The maximum Gasteiger partial charge on any atom is 0.278 e. The first-order valence-electron chi connectivity index (χ1n) is 6.85. The molecule has 2 aromatic rings. The van der Waals surface area contributed by atoms with Gasteiger partial charge in [0.05, 0.1) is 6.20 Å². The number of hydrogen-bond donors (Lipinski definition) is 0. The summed E-state index contributed by atoms with van der Waals surface area (Å²) in [6.07, 6.45) is 4.65. The fraction of sp³-hybridized carbons (Fsp3) is 0.312. The number of para-hydroxylation sites is 1. The monoisotopic (exact) mass is 267 g/mol. The van der Waals surface area contributed by atoms with E-state index in [0.29, 0.717) is 24.1 Å². The van der Waals surface area contributed by atoms with E-state index in [-0.39, 0.29) is 5.91 Å². The summed E-state index contributed by atoms with van der Waals surface area (Å²) in [6, 6.07) is 8.12. The van der Waals surface area contributed by atoms with Crippen molar-refractivity contribution in [3.8, 4) is 0 Å². The molecule has 102 valence electrons. The highest BCUT2D eigenvalue weighted by Gasteiger charge is 2.34. The minimum atomic E-state index is -0.0753. The summed E-state index contributed by atoms with van der Waals surface area (Å²) in [5.41, 5.74) is 2.65. The van der Waals surface area contributed by atoms with Crippen molar-refractivity contribution in [2.24, 2.45) is 5.92 Å². The Balaban J connectivity index is 1.98. The largest absolute Gasteiger partial charge is 0.306 e. The molecule has 1 atom stereocenters. The van der Waals surface area contributed by atoms with Crippen LogP contribution in [0, 0.1) is 5.92 Å². The molecule has 0 N–H and O–H groups in total. The Morgan fingerprint density at radius 3 is 2.80 bits per heavy atom. The van der Waals surface area contributed by atoms with Crippen molar-refractivity contribution in [3.05, 3.63) is 54.1 Å². The summed E-state index contributed by atoms with van der Waals surface area (Å²) < 4.78 is 0. The molecule has 0 spiro atoms. The van der Waals surface area contributed by atoms with Gasteiger partial charge in [-0.15, -0.1) is 0 Å². The van der Waals surface area contributed by atoms with Gasteiger partial charge in [-0.3, -0.25) is 9.78 Å². The third kappa shape index (κ3) is 2.07. The number of amides is 1. The summed E-state index contributed by atoms with van der Waals surface area (Å²) in [4.78, 5) is 22.5. The van der Waals surface area contributed by atoms with E-state index >= 15 is 0 Å². The first kappa shape index (κ1) is 12.8. The molecule has 3 rings (SSSR count). The lowest BCUT2D eigenvalue weighted by Gasteiger charge is -2.18. The fourth-order valence-electron chi connectivity index (χ4n) is 2.75. The number of fused-ring (bicyclic) bond motifs is 1. The van der Waals surface area contributed by atoms with Gasteiger partial charge in [-0.1, -0.05) is 32.0 Å². The van der Waals surface area contributed by atoms with Gasteiger partial charge >= 0.3 is 0 Å². The highest BCUT2D eigenvalue weighted by Crippen LogP contribution is 2.40. The molecule has 4 nitrogen and oxygen atoms in total. The summed E-state index contributed by atoms with van der Waals surface area (Å²) in [5.74, 6) is 0.802. The molecule has 1 unspecified atom stereocenters. The first-order chi connectivity index (χ1) is 9.68. The summed E-state index contributed by atoms with van der Waals surface area (Å²) in [5, 5.41) is 0. The third-order valence-corrected chi connectivity index (χ3v) is 3.84. The number of carbonyl (C=O) groups is 1. The summed E-state index contributed by atoms with van der Waals surface area (Å²) in [6.45, 7) is 5.10. The number of aromatic nitrogens is 2. The van der Waals surface area contributed by atoms with Crippen LogP contribution in [0.25, 0.3) is 0 Å². The van der Waals surface area contributed by atoms with Crippen molar-refractivity contribution in [2.75, 3.05) is 11.4 Å². The molecule has 20 heavy (non-hydrogen) atoms. The average Bonchev–Trinajstić information content (AvgIpc) is 2.87. The van der Waals surface area contributed by atoms with E-state index in [9.17, 15) is 4.79 Å². The summed E-state index contributed by atoms with van der Waals surface area (Å²) in [7, 11) is 0. The molecule has 0 saturated carbocycles. The quantitative estimate of drug-likeness (QED) is 0.840. The molecule has 0 fully saturated rings. The van der Waals surface area contributed by atoms with Crippen LogP contribution in [-0.2, 0) is 0 Å². The van der Waals surface area contributed by atoms with Crippen LogP contribution in [0.3, 0.4) is 0 Å². The zero-order valence-electron chi connectivity index (χ0n) is 11.7. The van der Waals surface area contributed by atoms with E-state index in [1.165, 1.54) is 11.8 Å². The number of nitrogens with zero attached hydrogens (tertiary/aromatic N) is 3. The van der Waals surface area contributed by atoms with Gasteiger partial charge in [0.1, 0.15) is 5.69 Å². The molecule has 0 radical (unpaired) electrons. The van der Waals surface area contributed by atoms with E-state index < -0.39 is 0 Å². The van der Waals surface area contributed by atoms with Crippen molar-refractivity contribution >= 4 is 11.6 Å². The molecular formula is C16H17N3O. The molecule has 1 aliphatic rings. The zero-order valence-corrected chi connectivity index (χ0v) is 11.7. The van der Waals surface area contributed by atoms with Crippen molar-refractivity contribution in [3.63, 3.8) is 0 Å². The molecule has 1 aromatic heterocycles. The van der Waals surface area contributed by atoms with E-state index in [2.05, 4.69) is 29.9 Å². The topological polar surface area (TPSA) is 46.1 Å². The van der Waals surface area contributed by atoms with E-state index in [0.717, 1.165) is 5.69 Å². The van der Waals surface area contributed by atoms with Crippen LogP contribution >= 0.6 is 0 Å². The first-order valence-corrected chi connectivity index (χ1v) is 6.85. The van der Waals surface area contributed by atoms with Gasteiger partial charge in [-0.25, -0.2) is 4.98 Å². The second kappa shape index (κ2) is 5.04. The summed E-state index contributed by atoms with van der Waals surface area (Å²) >= 11 is 0. The SMILES string of the molecule is CC(C)C1CN(C(=O)c2cnccn2)c2ccccc21. The zero-order chi connectivity index (χ0) is 14.1. The average molecular weight is 267 g/mol. The smallest absolute Gasteiger partial charge is 0.278 e. The van der Waals surface area contributed by atoms with Crippen molar-refractivity contribution in [2.45, 2.75) is 19.8 Å². The van der Waals surface area contributed by atoms with Crippen LogP contribution in [0.5, 0.6) is 0 Å². The Bertz CT molecular complexity index is 625. The molecule has 0 bridgehead atoms. The van der Waals surface area contributed by atoms with E-state index in [1.807, 2.05) is 23.1 Å². The van der Waals surface area contributed by atoms with Gasteiger partial charge < -0.3 is 4.90 Å². The van der Waals surface area contributed by atoms with Crippen molar-refractivity contribution in [1.29, 1.82) is 0 Å². The van der Waals surface area contributed by atoms with Crippen LogP contribution in [0.15, 0.2) is 42.9 Å². The maximum atomic E-state index is 12.6. The predicted octanol–water partition coefficient (Wildman–Crippen LogP) is 2.88. The molecule has 0 aliphatic carbocycles. The number of carbonyl (C=O) groups excluding carboxylic acids is 1. The van der Waals surface area contributed by atoms with Gasteiger partial charge in [0.25, 0.3) is 5.91 Å². The van der Waals surface area contributed by atoms with Gasteiger partial charge in [-0.05, 0) is 17.5 Å². The lowest BCUT2D eigenvalue weighted by Crippen LogP contribution is -2.31. The van der Waals surface area contributed by atoms with Gasteiger partial charge in [0, 0.05) is 30.5 Å². The number of hydrogen-bond acceptors (Lipinski definition) is 3. The van der Waals surface area contributed by atoms with Crippen molar-refractivity contribution in [1.82, 2.24) is 9.97 Å². The normalized spacial score (nSPS) is 17.4. The Morgan fingerprint density at radius 1 is 1.30 bits per heavy atom. The van der Waals surface area contributed by atoms with Crippen LogP contribution in [0.2, 0.25) is 0 Å². The predicted molar refractivity (Wildman–Crippen MR) is 77.7 cm³/mol. The van der Waals surface area contributed by atoms with Crippen LogP contribution in [-0.4, -0.2) is 22.4 Å². The van der Waals surface area contributed by atoms with Crippen molar-refractivity contribution < 1.29 is 4.79 Å². The van der Waals surface area contributed by atoms with Crippen LogP contribution < -0.4 is 4.90 Å². The molecule has 1 aliphatic heterocycles.